The second-order valence-electron chi connectivity index (χ2n) is 5.21. The van der Waals surface area contributed by atoms with Gasteiger partial charge in [-0.05, 0) is 28.5 Å². The molecule has 1 rings (SSSR count). The molecule has 0 bridgehead atoms. The molecule has 0 unspecified atom stereocenters. The molecule has 1 aromatic rings. The molecule has 1 aromatic carbocycles. The van der Waals surface area contributed by atoms with Gasteiger partial charge in [-0.15, -0.1) is 0 Å². The fourth-order valence-corrected chi connectivity index (χ4v) is 1.88. The lowest BCUT2D eigenvalue weighted by Crippen LogP contribution is -2.16. The Labute approximate surface area is 87.3 Å². The van der Waals surface area contributed by atoms with Crippen LogP contribution in [-0.4, -0.2) is 0 Å². The van der Waals surface area contributed by atoms with Crippen LogP contribution in [0, 0.1) is 0 Å². The molecular formula is C13H21N. The van der Waals surface area contributed by atoms with Crippen LogP contribution in [0.3, 0.4) is 0 Å². The normalized spacial score (nSPS) is 12.1. The van der Waals surface area contributed by atoms with Crippen molar-refractivity contribution >= 4 is 5.69 Å². The molecule has 0 amide bonds. The lowest BCUT2D eigenvalue weighted by molar-refractivity contribution is 0.578. The molecular weight excluding hydrogens is 170 g/mol. The van der Waals surface area contributed by atoms with E-state index in [4.69, 9.17) is 5.73 Å². The molecule has 0 atom stereocenters. The molecule has 0 saturated heterocycles. The topological polar surface area (TPSA) is 26.0 Å². The molecule has 0 aliphatic heterocycles. The van der Waals surface area contributed by atoms with Gasteiger partial charge in [0.15, 0.2) is 0 Å². The van der Waals surface area contributed by atoms with Gasteiger partial charge in [-0.25, -0.2) is 0 Å². The van der Waals surface area contributed by atoms with Gasteiger partial charge in [-0.2, -0.15) is 0 Å². The largest absolute Gasteiger partial charge is 0.398 e. The summed E-state index contributed by atoms with van der Waals surface area (Å²) in [4.78, 5) is 0. The lowest BCUT2D eigenvalue weighted by Gasteiger charge is -2.25. The van der Waals surface area contributed by atoms with Gasteiger partial charge in [0.25, 0.3) is 0 Å². The lowest BCUT2D eigenvalue weighted by atomic mass is 9.80. The molecule has 0 heterocycles. The van der Waals surface area contributed by atoms with E-state index in [2.05, 4.69) is 40.7 Å². The van der Waals surface area contributed by atoms with Gasteiger partial charge in [-0.1, -0.05) is 46.8 Å². The van der Waals surface area contributed by atoms with Crippen LogP contribution in [0.1, 0.15) is 51.7 Å². The molecule has 1 nitrogen and oxygen atoms in total. The molecule has 0 aliphatic carbocycles. The molecule has 2 N–H and O–H groups in total. The summed E-state index contributed by atoms with van der Waals surface area (Å²) >= 11 is 0. The Hall–Kier alpha value is -0.980. The summed E-state index contributed by atoms with van der Waals surface area (Å²) in [5.74, 6) is 0.491. The Morgan fingerprint density at radius 1 is 1.14 bits per heavy atom. The van der Waals surface area contributed by atoms with Crippen LogP contribution in [0.25, 0.3) is 0 Å². The van der Waals surface area contributed by atoms with Crippen LogP contribution in [0.4, 0.5) is 5.69 Å². The van der Waals surface area contributed by atoms with Crippen molar-refractivity contribution in [2.45, 2.75) is 46.0 Å². The van der Waals surface area contributed by atoms with E-state index in [1.807, 2.05) is 12.1 Å². The van der Waals surface area contributed by atoms with Crippen molar-refractivity contribution < 1.29 is 0 Å². The highest BCUT2D eigenvalue weighted by molar-refractivity contribution is 5.54. The maximum atomic E-state index is 6.02. The second-order valence-corrected chi connectivity index (χ2v) is 5.21. The smallest absolute Gasteiger partial charge is 0.0352 e. The van der Waals surface area contributed by atoms with Crippen LogP contribution in [0.5, 0.6) is 0 Å². The van der Waals surface area contributed by atoms with Crippen molar-refractivity contribution in [2.24, 2.45) is 0 Å². The minimum Gasteiger partial charge on any atom is -0.398 e. The first-order valence-corrected chi connectivity index (χ1v) is 5.23. The third kappa shape index (κ3) is 2.09. The summed E-state index contributed by atoms with van der Waals surface area (Å²) in [6.45, 7) is 11.1. The average Bonchev–Trinajstić information content (AvgIpc) is 2.01. The standard InChI is InChI=1S/C13H21N/c1-9(2)12-10(13(3,4)5)7-6-8-11(12)14/h6-9H,14H2,1-5H3. The minimum absolute atomic E-state index is 0.176. The van der Waals surface area contributed by atoms with Gasteiger partial charge >= 0.3 is 0 Å². The van der Waals surface area contributed by atoms with Gasteiger partial charge in [0.05, 0.1) is 0 Å². The van der Waals surface area contributed by atoms with Crippen molar-refractivity contribution in [2.75, 3.05) is 5.73 Å². The number of nitrogen functional groups attached to an aromatic ring is 1. The summed E-state index contributed by atoms with van der Waals surface area (Å²) < 4.78 is 0. The summed E-state index contributed by atoms with van der Waals surface area (Å²) in [5.41, 5.74) is 9.79. The van der Waals surface area contributed by atoms with Gasteiger partial charge < -0.3 is 5.73 Å². The predicted octanol–water partition coefficient (Wildman–Crippen LogP) is 3.69. The fourth-order valence-electron chi connectivity index (χ4n) is 1.88. The Morgan fingerprint density at radius 2 is 1.71 bits per heavy atom. The molecule has 14 heavy (non-hydrogen) atoms. The zero-order valence-corrected chi connectivity index (χ0v) is 9.89. The highest BCUT2D eigenvalue weighted by Crippen LogP contribution is 2.33. The molecule has 0 aliphatic rings. The first-order valence-electron chi connectivity index (χ1n) is 5.23. The average molecular weight is 191 g/mol. The summed E-state index contributed by atoms with van der Waals surface area (Å²) in [6, 6.07) is 6.22. The third-order valence-corrected chi connectivity index (χ3v) is 2.53. The van der Waals surface area contributed by atoms with Crippen LogP contribution < -0.4 is 5.73 Å². The van der Waals surface area contributed by atoms with E-state index in [1.165, 1.54) is 11.1 Å². The first-order chi connectivity index (χ1) is 6.34. The molecule has 0 fully saturated rings. The quantitative estimate of drug-likeness (QED) is 0.673. The maximum absolute atomic E-state index is 6.02. The van der Waals surface area contributed by atoms with Crippen molar-refractivity contribution in [3.05, 3.63) is 29.3 Å². The van der Waals surface area contributed by atoms with Crippen molar-refractivity contribution in [1.82, 2.24) is 0 Å². The predicted molar refractivity (Wildman–Crippen MR) is 63.6 cm³/mol. The first kappa shape index (κ1) is 11.1. The van der Waals surface area contributed by atoms with E-state index in [0.29, 0.717) is 5.92 Å². The molecule has 0 aromatic heterocycles. The second kappa shape index (κ2) is 3.64. The van der Waals surface area contributed by atoms with E-state index in [9.17, 15) is 0 Å². The van der Waals surface area contributed by atoms with Gasteiger partial charge in [-0.3, -0.25) is 0 Å². The fraction of sp³-hybridized carbons (Fsp3) is 0.538. The van der Waals surface area contributed by atoms with Crippen molar-refractivity contribution in [3.63, 3.8) is 0 Å². The number of hydrogen-bond acceptors (Lipinski definition) is 1. The number of nitrogens with two attached hydrogens (primary N) is 1. The summed E-state index contributed by atoms with van der Waals surface area (Å²) in [7, 11) is 0. The summed E-state index contributed by atoms with van der Waals surface area (Å²) in [5, 5.41) is 0. The Morgan fingerprint density at radius 3 is 2.07 bits per heavy atom. The van der Waals surface area contributed by atoms with Gasteiger partial charge in [0, 0.05) is 5.69 Å². The van der Waals surface area contributed by atoms with Crippen molar-refractivity contribution in [1.29, 1.82) is 0 Å². The van der Waals surface area contributed by atoms with E-state index in [-0.39, 0.29) is 5.41 Å². The Kier molecular flexibility index (Phi) is 2.89. The highest BCUT2D eigenvalue weighted by atomic mass is 14.6. The molecule has 0 saturated carbocycles. The minimum atomic E-state index is 0.176. The number of anilines is 1. The number of rotatable bonds is 1. The highest BCUT2D eigenvalue weighted by Gasteiger charge is 2.20. The Balaban J connectivity index is 3.36. The number of hydrogen-bond donors (Lipinski definition) is 1. The molecule has 1 heteroatoms. The van der Waals surface area contributed by atoms with E-state index >= 15 is 0 Å². The third-order valence-electron chi connectivity index (χ3n) is 2.53. The van der Waals surface area contributed by atoms with E-state index in [1.54, 1.807) is 0 Å². The zero-order valence-electron chi connectivity index (χ0n) is 9.89. The van der Waals surface area contributed by atoms with E-state index < -0.39 is 0 Å². The van der Waals surface area contributed by atoms with Crippen molar-refractivity contribution in [3.8, 4) is 0 Å². The maximum Gasteiger partial charge on any atom is 0.0352 e. The monoisotopic (exact) mass is 191 g/mol. The van der Waals surface area contributed by atoms with Crippen LogP contribution >= 0.6 is 0 Å². The van der Waals surface area contributed by atoms with Gasteiger partial charge in [0.1, 0.15) is 0 Å². The SMILES string of the molecule is CC(C)c1c(N)cccc1C(C)(C)C. The van der Waals surface area contributed by atoms with Crippen LogP contribution in [0.15, 0.2) is 18.2 Å². The molecule has 0 spiro atoms. The number of benzene rings is 1. The molecule has 0 radical (unpaired) electrons. The Bertz CT molecular complexity index is 318. The van der Waals surface area contributed by atoms with E-state index in [0.717, 1.165) is 5.69 Å². The zero-order chi connectivity index (χ0) is 10.9. The summed E-state index contributed by atoms with van der Waals surface area (Å²) in [6.07, 6.45) is 0. The van der Waals surface area contributed by atoms with Crippen LogP contribution in [-0.2, 0) is 5.41 Å². The van der Waals surface area contributed by atoms with Crippen LogP contribution in [0.2, 0.25) is 0 Å². The van der Waals surface area contributed by atoms with Gasteiger partial charge in [0.2, 0.25) is 0 Å². The molecule has 78 valence electrons.